The van der Waals surface area contributed by atoms with Gasteiger partial charge in [-0.25, -0.2) is 13.6 Å². The molecule has 2 aromatic rings. The highest BCUT2D eigenvalue weighted by Gasteiger charge is 2.36. The van der Waals surface area contributed by atoms with E-state index in [0.29, 0.717) is 22.8 Å². The van der Waals surface area contributed by atoms with Crippen molar-refractivity contribution in [3.05, 3.63) is 69.8 Å². The van der Waals surface area contributed by atoms with Gasteiger partial charge in [0.05, 0.1) is 25.5 Å². The molecule has 32 heavy (non-hydrogen) atoms. The van der Waals surface area contributed by atoms with Crippen LogP contribution in [-0.2, 0) is 32.0 Å². The lowest BCUT2D eigenvalue weighted by Gasteiger charge is -2.20. The first-order valence-electron chi connectivity index (χ1n) is 9.19. The van der Waals surface area contributed by atoms with Gasteiger partial charge in [0.2, 0.25) is 0 Å². The van der Waals surface area contributed by atoms with E-state index < -0.39 is 46.7 Å². The van der Waals surface area contributed by atoms with Crippen molar-refractivity contribution in [1.29, 1.82) is 0 Å². The van der Waals surface area contributed by atoms with Crippen molar-refractivity contribution in [2.24, 2.45) is 5.16 Å². The van der Waals surface area contributed by atoms with Gasteiger partial charge in [0.15, 0.2) is 6.04 Å². The summed E-state index contributed by atoms with van der Waals surface area (Å²) >= 11 is 0. The standard InChI is InChI=1S/C21H21F5N2O4/c1-11-6-5-7-14(19(28-31-4)20(29)30-3)15(11)10-32-27-12(2)18-16(21(24,25)26)8-13(22)9-17(18)23/h5-9,19,28H,10H2,1-4H3/b27-12+. The number of carbonyl (C=O) groups excluding carboxylic acids is 1. The van der Waals surface area contributed by atoms with Gasteiger partial charge in [0.25, 0.3) is 0 Å². The lowest BCUT2D eigenvalue weighted by Crippen LogP contribution is -2.30. The molecule has 0 saturated carbocycles. The Morgan fingerprint density at radius 2 is 1.88 bits per heavy atom. The van der Waals surface area contributed by atoms with E-state index in [2.05, 4.69) is 10.6 Å². The third-order valence-corrected chi connectivity index (χ3v) is 4.56. The Bertz CT molecular complexity index is 1010. The number of alkyl halides is 3. The van der Waals surface area contributed by atoms with Crippen LogP contribution in [0.3, 0.4) is 0 Å². The number of halogens is 5. The number of methoxy groups -OCH3 is 1. The minimum Gasteiger partial charge on any atom is -0.468 e. The molecule has 0 radical (unpaired) electrons. The first kappa shape index (κ1) is 25.2. The zero-order valence-electron chi connectivity index (χ0n) is 17.6. The summed E-state index contributed by atoms with van der Waals surface area (Å²) in [6, 6.07) is 4.52. The van der Waals surface area contributed by atoms with Gasteiger partial charge in [0.1, 0.15) is 18.2 Å². The summed E-state index contributed by atoms with van der Waals surface area (Å²) in [6.45, 7) is 2.57. The second-order valence-electron chi connectivity index (χ2n) is 6.68. The van der Waals surface area contributed by atoms with Gasteiger partial charge < -0.3 is 14.4 Å². The number of nitrogens with one attached hydrogen (secondary N) is 1. The van der Waals surface area contributed by atoms with Crippen LogP contribution in [-0.4, -0.2) is 25.9 Å². The molecule has 2 aromatic carbocycles. The highest BCUT2D eigenvalue weighted by atomic mass is 19.4. The normalized spacial score (nSPS) is 13.1. The summed E-state index contributed by atoms with van der Waals surface area (Å²) in [5.74, 6) is -3.44. The van der Waals surface area contributed by atoms with Crippen LogP contribution in [0, 0.1) is 18.6 Å². The number of nitrogens with zero attached hydrogens (tertiary/aromatic N) is 1. The van der Waals surface area contributed by atoms with E-state index in [1.807, 2.05) is 0 Å². The molecule has 2 rings (SSSR count). The van der Waals surface area contributed by atoms with Crippen molar-refractivity contribution in [1.82, 2.24) is 5.48 Å². The number of hydrogen-bond donors (Lipinski definition) is 1. The van der Waals surface area contributed by atoms with E-state index in [0.717, 1.165) is 6.92 Å². The molecule has 11 heteroatoms. The number of esters is 1. The minimum atomic E-state index is -5.00. The number of aryl methyl sites for hydroxylation is 1. The molecule has 0 bridgehead atoms. The Kier molecular flexibility index (Phi) is 8.28. The average Bonchev–Trinajstić information content (AvgIpc) is 2.71. The monoisotopic (exact) mass is 460 g/mol. The maximum absolute atomic E-state index is 14.1. The summed E-state index contributed by atoms with van der Waals surface area (Å²) in [4.78, 5) is 22.2. The number of carbonyl (C=O) groups is 1. The highest BCUT2D eigenvalue weighted by molar-refractivity contribution is 6.00. The van der Waals surface area contributed by atoms with Crippen LogP contribution in [0.15, 0.2) is 35.5 Å². The van der Waals surface area contributed by atoms with Crippen LogP contribution in [0.2, 0.25) is 0 Å². The number of oxime groups is 1. The van der Waals surface area contributed by atoms with E-state index in [-0.39, 0.29) is 12.7 Å². The minimum absolute atomic E-state index is 0.189. The number of hydrogen-bond acceptors (Lipinski definition) is 6. The molecule has 1 atom stereocenters. The van der Waals surface area contributed by atoms with Gasteiger partial charge in [-0.15, -0.1) is 0 Å². The number of rotatable bonds is 8. The van der Waals surface area contributed by atoms with E-state index in [1.54, 1.807) is 25.1 Å². The van der Waals surface area contributed by atoms with Crippen molar-refractivity contribution in [3.8, 4) is 0 Å². The fourth-order valence-electron chi connectivity index (χ4n) is 3.07. The fourth-order valence-corrected chi connectivity index (χ4v) is 3.07. The Morgan fingerprint density at radius 1 is 1.19 bits per heavy atom. The highest BCUT2D eigenvalue weighted by Crippen LogP contribution is 2.34. The lowest BCUT2D eigenvalue weighted by atomic mass is 9.97. The summed E-state index contributed by atoms with van der Waals surface area (Å²) in [6.07, 6.45) is -5.00. The second kappa shape index (κ2) is 10.5. The molecule has 0 saturated heterocycles. The number of hydroxylamine groups is 1. The fraction of sp³-hybridized carbons (Fsp3) is 0.333. The third kappa shape index (κ3) is 5.80. The van der Waals surface area contributed by atoms with Crippen LogP contribution in [0.25, 0.3) is 0 Å². The largest absolute Gasteiger partial charge is 0.468 e. The Labute approximate surface area is 180 Å². The van der Waals surface area contributed by atoms with Crippen LogP contribution in [0.1, 0.15) is 40.8 Å². The molecule has 6 nitrogen and oxygen atoms in total. The molecule has 0 aliphatic carbocycles. The zero-order chi connectivity index (χ0) is 24.1. The maximum Gasteiger partial charge on any atom is 0.417 e. The molecule has 0 spiro atoms. The molecule has 0 aliphatic heterocycles. The van der Waals surface area contributed by atoms with Crippen LogP contribution in [0.4, 0.5) is 22.0 Å². The van der Waals surface area contributed by atoms with E-state index in [4.69, 9.17) is 14.4 Å². The van der Waals surface area contributed by atoms with Gasteiger partial charge in [-0.3, -0.25) is 0 Å². The topological polar surface area (TPSA) is 69.2 Å². The van der Waals surface area contributed by atoms with Gasteiger partial charge in [-0.05, 0) is 31.0 Å². The van der Waals surface area contributed by atoms with Crippen molar-refractivity contribution in [2.45, 2.75) is 32.7 Å². The molecule has 1 N–H and O–H groups in total. The SMILES string of the molecule is CONC(C(=O)OC)c1cccc(C)c1CO/N=C(\C)c1c(F)cc(F)cc1C(F)(F)F. The first-order chi connectivity index (χ1) is 15.0. The predicted molar refractivity (Wildman–Crippen MR) is 104 cm³/mol. The van der Waals surface area contributed by atoms with Gasteiger partial charge >= 0.3 is 12.1 Å². The molecule has 1 unspecified atom stereocenters. The summed E-state index contributed by atoms with van der Waals surface area (Å²) < 4.78 is 71.9. The average molecular weight is 460 g/mol. The van der Waals surface area contributed by atoms with E-state index in [1.165, 1.54) is 14.2 Å². The predicted octanol–water partition coefficient (Wildman–Crippen LogP) is 4.60. The van der Waals surface area contributed by atoms with Gasteiger partial charge in [0, 0.05) is 17.2 Å². The maximum atomic E-state index is 14.1. The molecule has 0 heterocycles. The molecular weight excluding hydrogens is 439 g/mol. The van der Waals surface area contributed by atoms with Crippen molar-refractivity contribution >= 4 is 11.7 Å². The Hall–Kier alpha value is -3.05. The van der Waals surface area contributed by atoms with Crippen LogP contribution < -0.4 is 5.48 Å². The Morgan fingerprint density at radius 3 is 2.47 bits per heavy atom. The first-order valence-corrected chi connectivity index (χ1v) is 9.19. The smallest absolute Gasteiger partial charge is 0.417 e. The Balaban J connectivity index is 2.38. The van der Waals surface area contributed by atoms with Gasteiger partial charge in [-0.1, -0.05) is 23.4 Å². The zero-order valence-corrected chi connectivity index (χ0v) is 17.6. The van der Waals surface area contributed by atoms with Crippen molar-refractivity contribution < 1.29 is 41.2 Å². The quantitative estimate of drug-likeness (QED) is 0.270. The molecule has 0 amide bonds. The van der Waals surface area contributed by atoms with E-state index in [9.17, 15) is 26.7 Å². The van der Waals surface area contributed by atoms with Gasteiger partial charge in [-0.2, -0.15) is 18.7 Å². The number of benzene rings is 2. The molecule has 0 fully saturated rings. The summed E-state index contributed by atoms with van der Waals surface area (Å²) in [7, 11) is 2.51. The second-order valence-corrected chi connectivity index (χ2v) is 6.68. The summed E-state index contributed by atoms with van der Waals surface area (Å²) in [5, 5.41) is 3.59. The molecule has 174 valence electrons. The molecular formula is C21H21F5N2O4. The van der Waals surface area contributed by atoms with Crippen molar-refractivity contribution in [2.75, 3.05) is 14.2 Å². The number of ether oxygens (including phenoxy) is 1. The molecule has 0 aliphatic rings. The summed E-state index contributed by atoms with van der Waals surface area (Å²) in [5.41, 5.74) is 1.23. The van der Waals surface area contributed by atoms with Crippen LogP contribution in [0.5, 0.6) is 0 Å². The third-order valence-electron chi connectivity index (χ3n) is 4.56. The lowest BCUT2D eigenvalue weighted by molar-refractivity contribution is -0.147. The van der Waals surface area contributed by atoms with Crippen LogP contribution >= 0.6 is 0 Å². The van der Waals surface area contributed by atoms with Crippen molar-refractivity contribution in [3.63, 3.8) is 0 Å². The molecule has 0 aromatic heterocycles. The van der Waals surface area contributed by atoms with E-state index >= 15 is 0 Å².